The summed E-state index contributed by atoms with van der Waals surface area (Å²) < 4.78 is 1.89. The molecule has 0 bridgehead atoms. The van der Waals surface area contributed by atoms with Gasteiger partial charge in [-0.2, -0.15) is 5.10 Å². The van der Waals surface area contributed by atoms with Crippen molar-refractivity contribution in [1.82, 2.24) is 19.6 Å². The Morgan fingerprint density at radius 1 is 0.871 bits per heavy atom. The molecule has 0 aliphatic carbocycles. The molecule has 150 valence electrons. The second-order valence-electron chi connectivity index (χ2n) is 7.01. The third kappa shape index (κ3) is 3.84. The van der Waals surface area contributed by atoms with Gasteiger partial charge in [-0.15, -0.1) is 0 Å². The molecule has 2 N–H and O–H groups in total. The Labute approximate surface area is 177 Å². The molecule has 7 nitrogen and oxygen atoms in total. The third-order valence-corrected chi connectivity index (χ3v) is 4.89. The van der Waals surface area contributed by atoms with Crippen LogP contribution in [0.2, 0.25) is 0 Å². The molecule has 31 heavy (non-hydrogen) atoms. The summed E-state index contributed by atoms with van der Waals surface area (Å²) in [5.41, 5.74) is 4.82. The predicted octanol–water partition coefficient (Wildman–Crippen LogP) is 4.00. The molecule has 7 heteroatoms. The number of hydrogen-bond donors (Lipinski definition) is 2. The molecule has 0 spiro atoms. The Kier molecular flexibility index (Phi) is 4.61. The van der Waals surface area contributed by atoms with Crippen LogP contribution in [0.4, 0.5) is 5.69 Å². The molecule has 0 aliphatic rings. The maximum absolute atomic E-state index is 12.8. The Morgan fingerprint density at radius 3 is 2.52 bits per heavy atom. The highest BCUT2D eigenvalue weighted by Crippen LogP contribution is 2.22. The van der Waals surface area contributed by atoms with Crippen LogP contribution in [0.3, 0.4) is 0 Å². The van der Waals surface area contributed by atoms with Crippen LogP contribution < -0.4 is 10.9 Å². The number of anilines is 1. The normalized spacial score (nSPS) is 10.8. The van der Waals surface area contributed by atoms with Crippen LogP contribution >= 0.6 is 0 Å². The van der Waals surface area contributed by atoms with Crippen molar-refractivity contribution in [1.29, 1.82) is 0 Å². The van der Waals surface area contributed by atoms with Gasteiger partial charge in [-0.05, 0) is 30.3 Å². The minimum absolute atomic E-state index is 0.238. The van der Waals surface area contributed by atoms with E-state index >= 15 is 0 Å². The highest BCUT2D eigenvalue weighted by Gasteiger charge is 2.11. The lowest BCUT2D eigenvalue weighted by atomic mass is 10.1. The van der Waals surface area contributed by atoms with Crippen molar-refractivity contribution in [3.63, 3.8) is 0 Å². The quantitative estimate of drug-likeness (QED) is 0.471. The topological polar surface area (TPSA) is 92.1 Å². The number of fused-ring (bicyclic) bond motifs is 1. The number of aromatic nitrogens is 4. The number of aromatic amines is 1. The maximum Gasteiger partial charge on any atom is 0.264 e. The summed E-state index contributed by atoms with van der Waals surface area (Å²) in [4.78, 5) is 28.7. The summed E-state index contributed by atoms with van der Waals surface area (Å²) >= 11 is 0. The molecule has 2 aromatic carbocycles. The molecule has 0 saturated heterocycles. The van der Waals surface area contributed by atoms with Gasteiger partial charge in [-0.1, -0.05) is 42.5 Å². The lowest BCUT2D eigenvalue weighted by Crippen LogP contribution is -2.12. The molecule has 0 aliphatic heterocycles. The number of carbonyl (C=O) groups excluding carboxylic acids is 1. The molecular weight excluding hydrogens is 390 g/mol. The Hall–Kier alpha value is -4.52. The zero-order valence-corrected chi connectivity index (χ0v) is 16.3. The number of pyridine rings is 1. The average molecular weight is 407 g/mol. The van der Waals surface area contributed by atoms with Crippen molar-refractivity contribution < 1.29 is 4.79 Å². The van der Waals surface area contributed by atoms with Gasteiger partial charge in [-0.25, -0.2) is 10.1 Å². The van der Waals surface area contributed by atoms with E-state index in [9.17, 15) is 9.59 Å². The van der Waals surface area contributed by atoms with E-state index in [0.717, 1.165) is 16.8 Å². The van der Waals surface area contributed by atoms with Gasteiger partial charge in [-0.3, -0.25) is 9.59 Å². The number of nitrogens with one attached hydrogen (secondary N) is 2. The zero-order valence-electron chi connectivity index (χ0n) is 16.3. The molecule has 0 radical (unpaired) electrons. The van der Waals surface area contributed by atoms with Gasteiger partial charge in [0.05, 0.1) is 11.4 Å². The van der Waals surface area contributed by atoms with Gasteiger partial charge < -0.3 is 9.72 Å². The standard InChI is InChI=1S/C24H17N5O2/c30-23-10-9-20(27-28-23)17-7-4-8-19(13-17)25-24(31)18-11-12-29-15-21(26-22(29)14-18)16-5-2-1-3-6-16/h1-15H,(H,25,31)(H,28,30). The van der Waals surface area contributed by atoms with Crippen molar-refractivity contribution in [3.05, 3.63) is 107 Å². The van der Waals surface area contributed by atoms with Crippen molar-refractivity contribution >= 4 is 17.2 Å². The minimum atomic E-state index is -0.266. The molecule has 0 atom stereocenters. The van der Waals surface area contributed by atoms with E-state index in [-0.39, 0.29) is 11.5 Å². The number of H-pyrrole nitrogens is 1. The summed E-state index contributed by atoms with van der Waals surface area (Å²) in [5.74, 6) is -0.238. The highest BCUT2D eigenvalue weighted by molar-refractivity contribution is 6.05. The number of carbonyl (C=O) groups is 1. The first kappa shape index (κ1) is 18.5. The Balaban J connectivity index is 1.39. The first-order valence-corrected chi connectivity index (χ1v) is 9.67. The van der Waals surface area contributed by atoms with Crippen LogP contribution in [0.5, 0.6) is 0 Å². The van der Waals surface area contributed by atoms with Gasteiger partial charge in [0.2, 0.25) is 0 Å². The third-order valence-electron chi connectivity index (χ3n) is 4.89. The van der Waals surface area contributed by atoms with Crippen LogP contribution in [0.1, 0.15) is 10.4 Å². The van der Waals surface area contributed by atoms with Crippen molar-refractivity contribution in [2.75, 3.05) is 5.32 Å². The second-order valence-corrected chi connectivity index (χ2v) is 7.01. The first-order valence-electron chi connectivity index (χ1n) is 9.67. The first-order chi connectivity index (χ1) is 15.2. The van der Waals surface area contributed by atoms with Gasteiger partial charge in [0.1, 0.15) is 5.65 Å². The fourth-order valence-corrected chi connectivity index (χ4v) is 3.34. The number of nitrogens with zero attached hydrogens (tertiary/aromatic N) is 3. The molecule has 0 fully saturated rings. The number of hydrogen-bond acceptors (Lipinski definition) is 4. The molecule has 1 amide bonds. The zero-order chi connectivity index (χ0) is 21.2. The molecular formula is C24H17N5O2. The van der Waals surface area contributed by atoms with Crippen LogP contribution in [0, 0.1) is 0 Å². The van der Waals surface area contributed by atoms with Gasteiger partial charge in [0.15, 0.2) is 0 Å². The summed E-state index contributed by atoms with van der Waals surface area (Å²) in [5, 5.41) is 9.35. The van der Waals surface area contributed by atoms with E-state index in [2.05, 4.69) is 20.5 Å². The largest absolute Gasteiger partial charge is 0.322 e. The van der Waals surface area contributed by atoms with E-state index in [1.165, 1.54) is 6.07 Å². The predicted molar refractivity (Wildman–Crippen MR) is 119 cm³/mol. The number of amides is 1. The van der Waals surface area contributed by atoms with Crippen molar-refractivity contribution in [2.24, 2.45) is 0 Å². The van der Waals surface area contributed by atoms with Crippen LogP contribution in [-0.4, -0.2) is 25.5 Å². The van der Waals surface area contributed by atoms with Gasteiger partial charge >= 0.3 is 0 Å². The highest BCUT2D eigenvalue weighted by atomic mass is 16.1. The van der Waals surface area contributed by atoms with Crippen LogP contribution in [-0.2, 0) is 0 Å². The maximum atomic E-state index is 12.8. The van der Waals surface area contributed by atoms with Gasteiger partial charge in [0, 0.05) is 40.8 Å². The molecule has 3 heterocycles. The van der Waals surface area contributed by atoms with E-state index in [4.69, 9.17) is 0 Å². The van der Waals surface area contributed by atoms with E-state index in [1.54, 1.807) is 30.3 Å². The molecule has 3 aromatic heterocycles. The lowest BCUT2D eigenvalue weighted by Gasteiger charge is -2.07. The average Bonchev–Trinajstić information content (AvgIpc) is 3.24. The monoisotopic (exact) mass is 407 g/mol. The molecule has 0 unspecified atom stereocenters. The number of rotatable bonds is 4. The van der Waals surface area contributed by atoms with Crippen LogP contribution in [0.25, 0.3) is 28.2 Å². The number of benzene rings is 2. The SMILES string of the molecule is O=C(Nc1cccc(-c2ccc(=O)[nH]n2)c1)c1ccn2cc(-c3ccccc3)nc2c1. The number of imidazole rings is 1. The van der Waals surface area contributed by atoms with E-state index in [1.807, 2.05) is 59.3 Å². The van der Waals surface area contributed by atoms with Crippen molar-refractivity contribution in [3.8, 4) is 22.5 Å². The second kappa shape index (κ2) is 7.72. The van der Waals surface area contributed by atoms with Crippen molar-refractivity contribution in [2.45, 2.75) is 0 Å². The summed E-state index contributed by atoms with van der Waals surface area (Å²) in [6.07, 6.45) is 3.76. The summed E-state index contributed by atoms with van der Waals surface area (Å²) in [7, 11) is 0. The fourth-order valence-electron chi connectivity index (χ4n) is 3.34. The molecule has 5 rings (SSSR count). The molecule has 5 aromatic rings. The lowest BCUT2D eigenvalue weighted by molar-refractivity contribution is 0.102. The smallest absolute Gasteiger partial charge is 0.264 e. The van der Waals surface area contributed by atoms with E-state index in [0.29, 0.717) is 22.6 Å². The summed E-state index contributed by atoms with van der Waals surface area (Å²) in [6.45, 7) is 0. The Morgan fingerprint density at radius 2 is 1.71 bits per heavy atom. The molecule has 0 saturated carbocycles. The summed E-state index contributed by atoms with van der Waals surface area (Å²) in [6, 6.07) is 23.7. The van der Waals surface area contributed by atoms with Crippen LogP contribution in [0.15, 0.2) is 96.1 Å². The Bertz CT molecular complexity index is 1430. The van der Waals surface area contributed by atoms with E-state index < -0.39 is 0 Å². The van der Waals surface area contributed by atoms with Gasteiger partial charge in [0.25, 0.3) is 11.5 Å². The minimum Gasteiger partial charge on any atom is -0.322 e. The fraction of sp³-hybridized carbons (Fsp3) is 0.